The van der Waals surface area contributed by atoms with Crippen molar-refractivity contribution in [1.82, 2.24) is 10.3 Å². The molecule has 0 saturated heterocycles. The molecule has 1 amide bonds. The summed E-state index contributed by atoms with van der Waals surface area (Å²) in [6.07, 6.45) is 1.80. The summed E-state index contributed by atoms with van der Waals surface area (Å²) in [6, 6.07) is 7.54. The molecule has 0 radical (unpaired) electrons. The smallest absolute Gasteiger partial charge is 0.252 e. The molecule has 5 heteroatoms. The van der Waals surface area contributed by atoms with Crippen LogP contribution in [0.25, 0.3) is 0 Å². The molecule has 88 valence electrons. The number of carbonyl (C=O) groups is 1. The standard InChI is InChI=1S/C12H11IN2OS/c1-8-14-6-9(17-8)7-15-12(16)10-4-2-3-5-11(10)13/h2-6H,7H2,1H3,(H,15,16). The molecule has 17 heavy (non-hydrogen) atoms. The van der Waals surface area contributed by atoms with Crippen molar-refractivity contribution >= 4 is 39.8 Å². The van der Waals surface area contributed by atoms with Crippen molar-refractivity contribution in [2.75, 3.05) is 0 Å². The zero-order chi connectivity index (χ0) is 12.3. The van der Waals surface area contributed by atoms with Crippen molar-refractivity contribution in [2.45, 2.75) is 13.5 Å². The van der Waals surface area contributed by atoms with E-state index in [2.05, 4.69) is 32.9 Å². The van der Waals surface area contributed by atoms with Gasteiger partial charge in [-0.15, -0.1) is 11.3 Å². The van der Waals surface area contributed by atoms with E-state index in [-0.39, 0.29) is 5.91 Å². The SMILES string of the molecule is Cc1ncc(CNC(=O)c2ccccc2I)s1. The molecule has 0 aliphatic carbocycles. The van der Waals surface area contributed by atoms with E-state index in [0.717, 1.165) is 13.5 Å². The minimum atomic E-state index is -0.0407. The van der Waals surface area contributed by atoms with Crippen molar-refractivity contribution < 1.29 is 4.79 Å². The van der Waals surface area contributed by atoms with E-state index in [1.54, 1.807) is 17.5 Å². The third-order valence-electron chi connectivity index (χ3n) is 2.21. The van der Waals surface area contributed by atoms with E-state index in [0.29, 0.717) is 12.1 Å². The molecule has 1 aromatic carbocycles. The number of nitrogens with zero attached hydrogens (tertiary/aromatic N) is 1. The number of rotatable bonds is 3. The van der Waals surface area contributed by atoms with Gasteiger partial charge in [0.05, 0.1) is 17.1 Å². The number of aromatic nitrogens is 1. The average Bonchev–Trinajstić information content (AvgIpc) is 2.73. The number of nitrogens with one attached hydrogen (secondary N) is 1. The molecule has 0 saturated carbocycles. The van der Waals surface area contributed by atoms with Crippen LogP contribution in [0.3, 0.4) is 0 Å². The topological polar surface area (TPSA) is 42.0 Å². The summed E-state index contributed by atoms with van der Waals surface area (Å²) in [5.41, 5.74) is 0.717. The Balaban J connectivity index is 2.01. The molecule has 0 fully saturated rings. The average molecular weight is 358 g/mol. The van der Waals surface area contributed by atoms with Crippen molar-refractivity contribution in [3.63, 3.8) is 0 Å². The Kier molecular flexibility index (Phi) is 4.11. The van der Waals surface area contributed by atoms with Gasteiger partial charge in [0.25, 0.3) is 5.91 Å². The van der Waals surface area contributed by atoms with Gasteiger partial charge in [-0.1, -0.05) is 12.1 Å². The minimum Gasteiger partial charge on any atom is -0.347 e. The van der Waals surface area contributed by atoms with Gasteiger partial charge in [-0.3, -0.25) is 4.79 Å². The van der Waals surface area contributed by atoms with E-state index >= 15 is 0 Å². The predicted molar refractivity (Wildman–Crippen MR) is 77.2 cm³/mol. The van der Waals surface area contributed by atoms with Crippen LogP contribution in [0, 0.1) is 10.5 Å². The van der Waals surface area contributed by atoms with Gasteiger partial charge in [0.2, 0.25) is 0 Å². The molecule has 0 aliphatic heterocycles. The number of hydrogen-bond acceptors (Lipinski definition) is 3. The van der Waals surface area contributed by atoms with Crippen molar-refractivity contribution in [3.05, 3.63) is 49.5 Å². The van der Waals surface area contributed by atoms with Gasteiger partial charge in [0.15, 0.2) is 0 Å². The van der Waals surface area contributed by atoms with Crippen LogP contribution >= 0.6 is 33.9 Å². The molecular weight excluding hydrogens is 347 g/mol. The van der Waals surface area contributed by atoms with E-state index in [9.17, 15) is 4.79 Å². The zero-order valence-corrected chi connectivity index (χ0v) is 12.2. The van der Waals surface area contributed by atoms with Gasteiger partial charge in [-0.2, -0.15) is 0 Å². The van der Waals surface area contributed by atoms with Gasteiger partial charge in [-0.25, -0.2) is 4.98 Å². The highest BCUT2D eigenvalue weighted by molar-refractivity contribution is 14.1. The summed E-state index contributed by atoms with van der Waals surface area (Å²) in [6.45, 7) is 2.49. The van der Waals surface area contributed by atoms with E-state index in [1.807, 2.05) is 31.2 Å². The molecule has 0 bridgehead atoms. The zero-order valence-electron chi connectivity index (χ0n) is 9.24. The predicted octanol–water partition coefficient (Wildman–Crippen LogP) is 2.99. The number of amides is 1. The maximum atomic E-state index is 11.9. The lowest BCUT2D eigenvalue weighted by Gasteiger charge is -2.04. The highest BCUT2D eigenvalue weighted by Crippen LogP contribution is 2.13. The van der Waals surface area contributed by atoms with Crippen LogP contribution in [-0.4, -0.2) is 10.9 Å². The first-order valence-corrected chi connectivity index (χ1v) is 7.00. The van der Waals surface area contributed by atoms with E-state index in [4.69, 9.17) is 0 Å². The largest absolute Gasteiger partial charge is 0.347 e. The molecule has 2 rings (SSSR count). The maximum Gasteiger partial charge on any atom is 0.252 e. The van der Waals surface area contributed by atoms with Crippen molar-refractivity contribution in [1.29, 1.82) is 0 Å². The Hall–Kier alpha value is -0.950. The monoisotopic (exact) mass is 358 g/mol. The molecule has 1 N–H and O–H groups in total. The molecule has 0 aliphatic rings. The highest BCUT2D eigenvalue weighted by atomic mass is 127. The normalized spacial score (nSPS) is 10.2. The second-order valence-electron chi connectivity index (χ2n) is 3.51. The fourth-order valence-corrected chi connectivity index (χ4v) is 2.76. The molecule has 0 atom stereocenters. The van der Waals surface area contributed by atoms with Crippen LogP contribution in [0.15, 0.2) is 30.5 Å². The van der Waals surface area contributed by atoms with E-state index in [1.165, 1.54) is 0 Å². The second kappa shape index (κ2) is 5.59. The first-order chi connectivity index (χ1) is 8.16. The number of aryl methyl sites for hydroxylation is 1. The second-order valence-corrected chi connectivity index (χ2v) is 5.99. The van der Waals surface area contributed by atoms with Crippen LogP contribution in [0.5, 0.6) is 0 Å². The van der Waals surface area contributed by atoms with Crippen LogP contribution in [-0.2, 0) is 6.54 Å². The summed E-state index contributed by atoms with van der Waals surface area (Å²) in [5, 5.41) is 3.91. The minimum absolute atomic E-state index is 0.0407. The third-order valence-corrected chi connectivity index (χ3v) is 4.06. The van der Waals surface area contributed by atoms with Crippen LogP contribution < -0.4 is 5.32 Å². The van der Waals surface area contributed by atoms with Crippen LogP contribution in [0.4, 0.5) is 0 Å². The van der Waals surface area contributed by atoms with Gasteiger partial charge in [-0.05, 0) is 41.6 Å². The fourth-order valence-electron chi connectivity index (χ4n) is 1.40. The summed E-state index contributed by atoms with van der Waals surface area (Å²) < 4.78 is 0.961. The molecule has 2 aromatic rings. The third kappa shape index (κ3) is 3.26. The lowest BCUT2D eigenvalue weighted by Crippen LogP contribution is -2.23. The molecule has 1 heterocycles. The number of carbonyl (C=O) groups excluding carboxylic acids is 1. The molecule has 3 nitrogen and oxygen atoms in total. The summed E-state index contributed by atoms with van der Waals surface area (Å²) >= 11 is 3.76. The Morgan fingerprint density at radius 3 is 2.88 bits per heavy atom. The summed E-state index contributed by atoms with van der Waals surface area (Å²) in [7, 11) is 0. The number of hydrogen-bond donors (Lipinski definition) is 1. The number of halogens is 1. The van der Waals surface area contributed by atoms with Gasteiger partial charge < -0.3 is 5.32 Å². The molecule has 0 spiro atoms. The van der Waals surface area contributed by atoms with E-state index < -0.39 is 0 Å². The van der Waals surface area contributed by atoms with Crippen LogP contribution in [0.1, 0.15) is 20.2 Å². The lowest BCUT2D eigenvalue weighted by molar-refractivity contribution is 0.0950. The Morgan fingerprint density at radius 1 is 1.47 bits per heavy atom. The van der Waals surface area contributed by atoms with Gasteiger partial charge in [0.1, 0.15) is 0 Å². The fraction of sp³-hybridized carbons (Fsp3) is 0.167. The Labute approximate surface area is 117 Å². The molecular formula is C12H11IN2OS. The van der Waals surface area contributed by atoms with Crippen molar-refractivity contribution in [2.24, 2.45) is 0 Å². The quantitative estimate of drug-likeness (QED) is 0.858. The highest BCUT2D eigenvalue weighted by Gasteiger charge is 2.08. The Bertz CT molecular complexity index is 539. The van der Waals surface area contributed by atoms with Gasteiger partial charge >= 0.3 is 0 Å². The summed E-state index contributed by atoms with van der Waals surface area (Å²) in [4.78, 5) is 17.1. The first-order valence-electron chi connectivity index (χ1n) is 5.11. The Morgan fingerprint density at radius 2 is 2.24 bits per heavy atom. The maximum absolute atomic E-state index is 11.9. The summed E-state index contributed by atoms with van der Waals surface area (Å²) in [5.74, 6) is -0.0407. The van der Waals surface area contributed by atoms with Crippen LogP contribution in [0.2, 0.25) is 0 Å². The van der Waals surface area contributed by atoms with Gasteiger partial charge in [0, 0.05) is 14.6 Å². The number of thiazole rings is 1. The molecule has 0 unspecified atom stereocenters. The number of benzene rings is 1. The van der Waals surface area contributed by atoms with Crippen molar-refractivity contribution in [3.8, 4) is 0 Å². The molecule has 1 aromatic heterocycles. The lowest BCUT2D eigenvalue weighted by atomic mass is 10.2. The first kappa shape index (κ1) is 12.5.